The molecule has 21 heavy (non-hydrogen) atoms. The van der Waals surface area contributed by atoms with Crippen molar-refractivity contribution in [1.82, 2.24) is 4.90 Å². The lowest BCUT2D eigenvalue weighted by Gasteiger charge is -2.19. The fraction of sp³-hybridized carbons (Fsp3) is 0.467. The highest BCUT2D eigenvalue weighted by Crippen LogP contribution is 2.15. The Balaban J connectivity index is 1.85. The van der Waals surface area contributed by atoms with E-state index in [0.29, 0.717) is 22.7 Å². The van der Waals surface area contributed by atoms with Gasteiger partial charge in [-0.05, 0) is 30.9 Å². The standard InChI is InChI=1S/C15H21N3OS2/c16-15(20)12-4-1-2-5-13(12)17-14(19)6-8-18-7-3-10-21-11-9-18/h1-2,4-5H,3,6-11H2,(H2,16,20)(H,17,19). The van der Waals surface area contributed by atoms with Crippen LogP contribution in [0.5, 0.6) is 0 Å². The van der Waals surface area contributed by atoms with Crippen LogP contribution in [0.1, 0.15) is 18.4 Å². The predicted octanol–water partition coefficient (Wildman–Crippen LogP) is 2.09. The van der Waals surface area contributed by atoms with E-state index in [-0.39, 0.29) is 5.91 Å². The number of para-hydroxylation sites is 1. The summed E-state index contributed by atoms with van der Waals surface area (Å²) in [6.45, 7) is 2.97. The molecule has 1 amide bonds. The van der Waals surface area contributed by atoms with E-state index >= 15 is 0 Å². The molecule has 1 aromatic rings. The second-order valence-electron chi connectivity index (χ2n) is 5.02. The van der Waals surface area contributed by atoms with Crippen LogP contribution in [-0.4, -0.2) is 46.9 Å². The average Bonchev–Trinajstić information content (AvgIpc) is 2.74. The number of rotatable bonds is 5. The van der Waals surface area contributed by atoms with Crippen LogP contribution in [0.4, 0.5) is 5.69 Å². The van der Waals surface area contributed by atoms with Crippen LogP contribution in [0.25, 0.3) is 0 Å². The Kier molecular flexibility index (Phi) is 6.48. The number of thiocarbonyl (C=S) groups is 1. The molecule has 4 nitrogen and oxygen atoms in total. The molecule has 0 radical (unpaired) electrons. The Morgan fingerprint density at radius 1 is 1.33 bits per heavy atom. The molecule has 0 unspecified atom stereocenters. The van der Waals surface area contributed by atoms with Gasteiger partial charge in [0.1, 0.15) is 4.99 Å². The molecule has 1 fully saturated rings. The second-order valence-corrected chi connectivity index (χ2v) is 6.68. The number of carbonyl (C=O) groups is 1. The van der Waals surface area contributed by atoms with Crippen molar-refractivity contribution in [1.29, 1.82) is 0 Å². The lowest BCUT2D eigenvalue weighted by molar-refractivity contribution is -0.116. The molecule has 1 saturated heterocycles. The molecule has 0 saturated carbocycles. The number of thioether (sulfide) groups is 1. The van der Waals surface area contributed by atoms with Gasteiger partial charge >= 0.3 is 0 Å². The van der Waals surface area contributed by atoms with Gasteiger partial charge < -0.3 is 16.0 Å². The van der Waals surface area contributed by atoms with Crippen molar-refractivity contribution in [2.24, 2.45) is 5.73 Å². The summed E-state index contributed by atoms with van der Waals surface area (Å²) in [7, 11) is 0. The molecule has 1 heterocycles. The average molecular weight is 323 g/mol. The van der Waals surface area contributed by atoms with Gasteiger partial charge in [0.05, 0.1) is 5.69 Å². The molecule has 0 atom stereocenters. The lowest BCUT2D eigenvalue weighted by Crippen LogP contribution is -2.30. The first-order valence-electron chi connectivity index (χ1n) is 7.15. The zero-order valence-corrected chi connectivity index (χ0v) is 13.6. The van der Waals surface area contributed by atoms with Crippen LogP contribution < -0.4 is 11.1 Å². The van der Waals surface area contributed by atoms with Gasteiger partial charge in [-0.25, -0.2) is 0 Å². The summed E-state index contributed by atoms with van der Waals surface area (Å²) in [4.78, 5) is 14.8. The minimum absolute atomic E-state index is 0.00981. The van der Waals surface area contributed by atoms with Crippen molar-refractivity contribution in [3.05, 3.63) is 29.8 Å². The smallest absolute Gasteiger partial charge is 0.225 e. The molecule has 0 spiro atoms. The van der Waals surface area contributed by atoms with Gasteiger partial charge in [0.25, 0.3) is 0 Å². The third-order valence-electron chi connectivity index (χ3n) is 3.44. The minimum atomic E-state index is 0.00981. The molecule has 1 aliphatic rings. The SMILES string of the molecule is NC(=S)c1ccccc1NC(=O)CCN1CCCSCC1. The quantitative estimate of drug-likeness (QED) is 0.813. The largest absolute Gasteiger partial charge is 0.389 e. The van der Waals surface area contributed by atoms with Gasteiger partial charge in [-0.1, -0.05) is 24.4 Å². The summed E-state index contributed by atoms with van der Waals surface area (Å²) in [5, 5.41) is 2.91. The van der Waals surface area contributed by atoms with E-state index in [2.05, 4.69) is 10.2 Å². The fourth-order valence-corrected chi connectivity index (χ4v) is 3.40. The molecule has 3 N–H and O–H groups in total. The Bertz CT molecular complexity index is 499. The maximum absolute atomic E-state index is 12.1. The number of anilines is 1. The molecule has 0 aromatic heterocycles. The molecule has 114 valence electrons. The Morgan fingerprint density at radius 2 is 2.14 bits per heavy atom. The third-order valence-corrected chi connectivity index (χ3v) is 4.71. The van der Waals surface area contributed by atoms with E-state index in [4.69, 9.17) is 18.0 Å². The van der Waals surface area contributed by atoms with Crippen molar-refractivity contribution >= 4 is 40.6 Å². The number of benzene rings is 1. The van der Waals surface area contributed by atoms with Gasteiger partial charge in [0.2, 0.25) is 5.91 Å². The number of amides is 1. The third kappa shape index (κ3) is 5.30. The van der Waals surface area contributed by atoms with E-state index in [9.17, 15) is 4.79 Å². The van der Waals surface area contributed by atoms with Crippen molar-refractivity contribution in [3.8, 4) is 0 Å². The molecule has 1 aliphatic heterocycles. The Hall–Kier alpha value is -1.11. The highest BCUT2D eigenvalue weighted by atomic mass is 32.2. The highest BCUT2D eigenvalue weighted by Gasteiger charge is 2.12. The molecule has 0 bridgehead atoms. The number of carbonyl (C=O) groups excluding carboxylic acids is 1. The van der Waals surface area contributed by atoms with Gasteiger partial charge in [-0.2, -0.15) is 11.8 Å². The molecule has 1 aromatic carbocycles. The van der Waals surface area contributed by atoms with Crippen LogP contribution in [0.3, 0.4) is 0 Å². The normalized spacial score (nSPS) is 16.2. The summed E-state index contributed by atoms with van der Waals surface area (Å²) in [5.74, 6) is 2.39. The van der Waals surface area contributed by atoms with Crippen molar-refractivity contribution in [2.45, 2.75) is 12.8 Å². The monoisotopic (exact) mass is 323 g/mol. The molecule has 6 heteroatoms. The van der Waals surface area contributed by atoms with Crippen LogP contribution >= 0.6 is 24.0 Å². The van der Waals surface area contributed by atoms with Crippen molar-refractivity contribution in [2.75, 3.05) is 36.5 Å². The van der Waals surface area contributed by atoms with Gasteiger partial charge in [0.15, 0.2) is 0 Å². The van der Waals surface area contributed by atoms with Gasteiger partial charge in [0, 0.05) is 30.8 Å². The first kappa shape index (κ1) is 16.3. The number of nitrogens with two attached hydrogens (primary N) is 1. The fourth-order valence-electron chi connectivity index (χ4n) is 2.30. The molecule has 2 rings (SSSR count). The summed E-state index contributed by atoms with van der Waals surface area (Å²) < 4.78 is 0. The van der Waals surface area contributed by atoms with E-state index in [1.807, 2.05) is 36.0 Å². The maximum Gasteiger partial charge on any atom is 0.225 e. The lowest BCUT2D eigenvalue weighted by atomic mass is 10.1. The topological polar surface area (TPSA) is 58.4 Å². The first-order chi connectivity index (χ1) is 10.2. The minimum Gasteiger partial charge on any atom is -0.389 e. The maximum atomic E-state index is 12.1. The van der Waals surface area contributed by atoms with Gasteiger partial charge in [-0.15, -0.1) is 0 Å². The number of nitrogens with one attached hydrogen (secondary N) is 1. The number of hydrogen-bond acceptors (Lipinski definition) is 4. The van der Waals surface area contributed by atoms with Crippen LogP contribution in [-0.2, 0) is 4.79 Å². The van der Waals surface area contributed by atoms with Crippen LogP contribution in [0, 0.1) is 0 Å². The van der Waals surface area contributed by atoms with Gasteiger partial charge in [-0.3, -0.25) is 4.79 Å². The van der Waals surface area contributed by atoms with Crippen molar-refractivity contribution < 1.29 is 4.79 Å². The number of nitrogens with zero attached hydrogens (tertiary/aromatic N) is 1. The van der Waals surface area contributed by atoms with E-state index < -0.39 is 0 Å². The Labute approximate surface area is 135 Å². The molecule has 0 aliphatic carbocycles. The summed E-state index contributed by atoms with van der Waals surface area (Å²) in [5.41, 5.74) is 7.08. The summed E-state index contributed by atoms with van der Waals surface area (Å²) >= 11 is 6.99. The summed E-state index contributed by atoms with van der Waals surface area (Å²) in [6.07, 6.45) is 1.70. The number of hydrogen-bond donors (Lipinski definition) is 2. The van der Waals surface area contributed by atoms with E-state index in [0.717, 1.165) is 25.4 Å². The Morgan fingerprint density at radius 3 is 2.95 bits per heavy atom. The molecular weight excluding hydrogens is 302 g/mol. The van der Waals surface area contributed by atoms with E-state index in [1.54, 1.807) is 0 Å². The predicted molar refractivity (Wildman–Crippen MR) is 94.0 cm³/mol. The second kappa shape index (κ2) is 8.36. The first-order valence-corrected chi connectivity index (χ1v) is 8.72. The van der Waals surface area contributed by atoms with E-state index in [1.165, 1.54) is 12.2 Å². The summed E-state index contributed by atoms with van der Waals surface area (Å²) in [6, 6.07) is 7.38. The molecular formula is C15H21N3OS2. The zero-order valence-electron chi connectivity index (χ0n) is 12.0. The van der Waals surface area contributed by atoms with Crippen LogP contribution in [0.15, 0.2) is 24.3 Å². The highest BCUT2D eigenvalue weighted by molar-refractivity contribution is 7.99. The zero-order chi connectivity index (χ0) is 15.1. The van der Waals surface area contributed by atoms with Crippen molar-refractivity contribution in [3.63, 3.8) is 0 Å². The van der Waals surface area contributed by atoms with Crippen LogP contribution in [0.2, 0.25) is 0 Å².